The van der Waals surface area contributed by atoms with Crippen molar-refractivity contribution in [3.8, 4) is 45.3 Å². The fourth-order valence-electron chi connectivity index (χ4n) is 11.7. The molecule has 6 N–H and O–H groups in total. The van der Waals surface area contributed by atoms with Gasteiger partial charge in [-0.15, -0.1) is 0 Å². The molecule has 0 atom stereocenters. The van der Waals surface area contributed by atoms with Crippen molar-refractivity contribution >= 4 is 72.7 Å². The zero-order valence-corrected chi connectivity index (χ0v) is 44.4. The van der Waals surface area contributed by atoms with Gasteiger partial charge >= 0.3 is 0 Å². The highest BCUT2D eigenvalue weighted by Crippen LogP contribution is 2.39. The number of allylic oxidation sites excluding steroid dienone is 5. The lowest BCUT2D eigenvalue weighted by atomic mass is 9.95. The monoisotopic (exact) mass is 1050 g/mol. The maximum Gasteiger partial charge on any atom is 0.138 e. The van der Waals surface area contributed by atoms with Crippen molar-refractivity contribution in [2.45, 2.75) is 19.9 Å². The Morgan fingerprint density at radius 1 is 0.593 bits per heavy atom. The fraction of sp³-hybridized carbons (Fsp3) is 0.0580. The number of hydrogen-bond acceptors (Lipinski definition) is 9. The van der Waals surface area contributed by atoms with Crippen LogP contribution in [0.5, 0.6) is 0 Å². The third kappa shape index (κ3) is 8.81. The first-order chi connectivity index (χ1) is 40.0. The van der Waals surface area contributed by atoms with Crippen LogP contribution in [-0.2, 0) is 13.0 Å². The van der Waals surface area contributed by atoms with E-state index in [2.05, 4.69) is 198 Å². The van der Waals surface area contributed by atoms with Crippen molar-refractivity contribution in [1.29, 1.82) is 0 Å². The minimum absolute atomic E-state index is 0.527. The molecule has 0 unspecified atom stereocenters. The van der Waals surface area contributed by atoms with Crippen LogP contribution in [0.3, 0.4) is 0 Å². The van der Waals surface area contributed by atoms with Crippen molar-refractivity contribution in [3.05, 3.63) is 265 Å². The van der Waals surface area contributed by atoms with E-state index >= 15 is 0 Å². The molecule has 0 fully saturated rings. The van der Waals surface area contributed by atoms with Gasteiger partial charge < -0.3 is 22.1 Å². The van der Waals surface area contributed by atoms with Gasteiger partial charge in [-0.3, -0.25) is 28.7 Å². The molecule has 0 saturated carbocycles. The van der Waals surface area contributed by atoms with E-state index in [4.69, 9.17) is 21.4 Å². The van der Waals surface area contributed by atoms with Gasteiger partial charge in [0.1, 0.15) is 17.5 Å². The summed E-state index contributed by atoms with van der Waals surface area (Å²) in [6.45, 7) is 3.53. The number of para-hydroxylation sites is 3. The number of aryl methyl sites for hydroxylation is 1. The summed E-state index contributed by atoms with van der Waals surface area (Å²) < 4.78 is 6.64. The van der Waals surface area contributed by atoms with E-state index in [0.29, 0.717) is 25.3 Å². The first-order valence-electron chi connectivity index (χ1n) is 27.1. The molecule has 81 heavy (non-hydrogen) atoms. The van der Waals surface area contributed by atoms with Gasteiger partial charge in [0.25, 0.3) is 0 Å². The van der Waals surface area contributed by atoms with Gasteiger partial charge in [-0.2, -0.15) is 0 Å². The van der Waals surface area contributed by atoms with Crippen molar-refractivity contribution in [3.63, 3.8) is 0 Å². The summed E-state index contributed by atoms with van der Waals surface area (Å²) in [5.41, 5.74) is 32.4. The van der Waals surface area contributed by atoms with Gasteiger partial charge in [-0.1, -0.05) is 66.7 Å². The standard InChI is InChI=1S/C69H54N12/c1-44-54-8-2-5-11-62(54)79(61(44)16-25-70)67(71)39-49(46-17-26-72-27-18-46)15-14-45-34-52(59-37-50(47-19-28-73-29-20-47)40-68(77-59)80-63-12-6-3-9-55(63)57-42-75-32-23-65(57)80)36-53(35-45)60-38-51(48-21-30-74-31-22-48)41-69(78-60)81-64-13-7-4-10-56(64)58-43-76-33-24-66(58)81/h2-13,15-30,32-41,43,74-75H,14,31,42,70-71H2,1H3/b25-16-,49-15+,67-39+. The van der Waals surface area contributed by atoms with Crippen molar-refractivity contribution < 1.29 is 0 Å². The first kappa shape index (κ1) is 48.5. The molecule has 2 aliphatic heterocycles. The molecule has 0 spiro atoms. The first-order valence-corrected chi connectivity index (χ1v) is 27.1. The molecule has 12 heteroatoms. The molecular weight excluding hydrogens is 997 g/mol. The molecule has 4 aromatic carbocycles. The van der Waals surface area contributed by atoms with E-state index in [1.54, 1.807) is 6.20 Å². The number of dihydropyridines is 1. The number of rotatable bonds is 12. The summed E-state index contributed by atoms with van der Waals surface area (Å²) in [4.78, 5) is 24.7. The van der Waals surface area contributed by atoms with E-state index in [-0.39, 0.29) is 0 Å². The van der Waals surface area contributed by atoms with Gasteiger partial charge in [0.05, 0.1) is 44.8 Å². The molecule has 12 aromatic rings. The van der Waals surface area contributed by atoms with Gasteiger partial charge in [-0.25, -0.2) is 9.97 Å². The molecule has 390 valence electrons. The van der Waals surface area contributed by atoms with E-state index in [0.717, 1.165) is 128 Å². The number of pyridine rings is 5. The molecule has 8 aromatic heterocycles. The number of nitrogens with two attached hydrogens (primary N) is 2. The normalized spacial score (nSPS) is 13.6. The minimum atomic E-state index is 0.527. The highest BCUT2D eigenvalue weighted by atomic mass is 15.1. The maximum atomic E-state index is 7.25. The molecule has 2 aliphatic rings. The maximum absolute atomic E-state index is 7.25. The van der Waals surface area contributed by atoms with Crippen LogP contribution in [0.25, 0.3) is 118 Å². The van der Waals surface area contributed by atoms with Crippen molar-refractivity contribution in [1.82, 2.24) is 49.3 Å². The zero-order chi connectivity index (χ0) is 54.4. The second-order valence-electron chi connectivity index (χ2n) is 20.3. The van der Waals surface area contributed by atoms with Crippen LogP contribution in [0.15, 0.2) is 226 Å². The van der Waals surface area contributed by atoms with Crippen LogP contribution in [0.4, 0.5) is 0 Å². The number of aromatic nitrogens is 8. The number of fused-ring (bicyclic) bond motifs is 7. The lowest BCUT2D eigenvalue weighted by Crippen LogP contribution is -2.11. The molecule has 14 rings (SSSR count). The third-order valence-electron chi connectivity index (χ3n) is 15.5. The Labute approximate surface area is 467 Å². The second-order valence-corrected chi connectivity index (χ2v) is 20.3. The van der Waals surface area contributed by atoms with Crippen LogP contribution >= 0.6 is 0 Å². The Bertz CT molecular complexity index is 4590. The Hall–Kier alpha value is -10.9. The Morgan fingerprint density at radius 3 is 1.99 bits per heavy atom. The average Bonchev–Trinajstić information content (AvgIpc) is 4.32. The lowest BCUT2D eigenvalue weighted by molar-refractivity contribution is 0.853. The van der Waals surface area contributed by atoms with Gasteiger partial charge in [0, 0.05) is 88.5 Å². The van der Waals surface area contributed by atoms with Crippen LogP contribution in [0, 0.1) is 6.92 Å². The Kier molecular flexibility index (Phi) is 12.3. The number of benzene rings is 4. The largest absolute Gasteiger partial charge is 0.405 e. The molecule has 0 bridgehead atoms. The summed E-state index contributed by atoms with van der Waals surface area (Å²) >= 11 is 0. The van der Waals surface area contributed by atoms with Gasteiger partial charge in [0.15, 0.2) is 0 Å². The van der Waals surface area contributed by atoms with E-state index < -0.39 is 0 Å². The van der Waals surface area contributed by atoms with Crippen LogP contribution < -0.4 is 22.1 Å². The molecule has 0 amide bonds. The smallest absolute Gasteiger partial charge is 0.138 e. The number of nitrogens with one attached hydrogen (secondary N) is 2. The zero-order valence-electron chi connectivity index (χ0n) is 44.4. The molecule has 12 nitrogen and oxygen atoms in total. The molecule has 0 saturated heterocycles. The molecular formula is C69H54N12. The topological polar surface area (TPSA) is 155 Å². The third-order valence-corrected chi connectivity index (χ3v) is 15.5. The summed E-state index contributed by atoms with van der Waals surface area (Å²) in [7, 11) is 0. The van der Waals surface area contributed by atoms with E-state index in [1.807, 2.05) is 79.9 Å². The van der Waals surface area contributed by atoms with Crippen molar-refractivity contribution in [2.24, 2.45) is 11.5 Å². The molecule has 0 radical (unpaired) electrons. The highest BCUT2D eigenvalue weighted by Gasteiger charge is 2.23. The summed E-state index contributed by atoms with van der Waals surface area (Å²) in [5.74, 6) is 2.15. The van der Waals surface area contributed by atoms with Crippen molar-refractivity contribution in [2.75, 3.05) is 6.54 Å². The quantitative estimate of drug-likeness (QED) is 0.0875. The van der Waals surface area contributed by atoms with Crippen LogP contribution in [0.1, 0.15) is 39.2 Å². The van der Waals surface area contributed by atoms with E-state index in [1.165, 1.54) is 10.9 Å². The predicted octanol–water partition coefficient (Wildman–Crippen LogP) is 13.6. The fourth-order valence-corrected chi connectivity index (χ4v) is 11.7. The molecule has 10 heterocycles. The SMILES string of the molecule is Cc1c(/C=C\N)n(/C(N)=C/C(=C\Cc2cc(-c3cc(-c4ccncc4)cc(-n4c5c(c6ccccc64)CNC=C5)n3)cc(-c3cc(C4=CCNC=C4)cc(-n4c5ccccc5c5cnccc54)n3)c2)c2ccncc2)c2ccccc12. The predicted molar refractivity (Wildman–Crippen MR) is 330 cm³/mol. The van der Waals surface area contributed by atoms with Crippen LogP contribution in [0.2, 0.25) is 0 Å². The van der Waals surface area contributed by atoms with Gasteiger partial charge in [0.2, 0.25) is 0 Å². The van der Waals surface area contributed by atoms with Crippen LogP contribution in [-0.4, -0.2) is 45.2 Å². The number of nitrogens with zero attached hydrogens (tertiary/aromatic N) is 8. The average molecular weight is 1050 g/mol. The Balaban J connectivity index is 1.00. The number of hydrogen-bond donors (Lipinski definition) is 4. The summed E-state index contributed by atoms with van der Waals surface area (Å²) in [5, 5.41) is 11.3. The summed E-state index contributed by atoms with van der Waals surface area (Å²) in [6, 6.07) is 51.2. The Morgan fingerprint density at radius 2 is 1.23 bits per heavy atom. The lowest BCUT2D eigenvalue weighted by Gasteiger charge is -2.17. The second kappa shape index (κ2) is 20.5. The minimum Gasteiger partial charge on any atom is -0.405 e. The van der Waals surface area contributed by atoms with Gasteiger partial charge in [-0.05, 0) is 192 Å². The highest BCUT2D eigenvalue weighted by molar-refractivity contribution is 6.09. The summed E-state index contributed by atoms with van der Waals surface area (Å²) in [6.07, 6.45) is 30.0. The van der Waals surface area contributed by atoms with E-state index in [9.17, 15) is 0 Å². The molecule has 0 aliphatic carbocycles.